The summed E-state index contributed by atoms with van der Waals surface area (Å²) in [6.07, 6.45) is 3.05. The van der Waals surface area contributed by atoms with E-state index in [1.165, 1.54) is 17.5 Å². The molecule has 0 amide bonds. The number of nitrogens with one attached hydrogen (secondary N) is 1. The van der Waals surface area contributed by atoms with E-state index in [4.69, 9.17) is 11.6 Å². The number of aromatic amines is 1. The summed E-state index contributed by atoms with van der Waals surface area (Å²) in [7, 11) is 0. The molecule has 0 saturated heterocycles. The van der Waals surface area contributed by atoms with Gasteiger partial charge in [0, 0.05) is 12.4 Å². The molecule has 3 nitrogen and oxygen atoms in total. The van der Waals surface area contributed by atoms with Gasteiger partial charge in [0.1, 0.15) is 5.69 Å². The topological polar surface area (TPSA) is 45.8 Å². The van der Waals surface area contributed by atoms with E-state index >= 15 is 0 Å². The van der Waals surface area contributed by atoms with Crippen LogP contribution in [0.5, 0.6) is 0 Å². The maximum Gasteiger partial charge on any atom is 0.275 e. The first-order valence-corrected chi connectivity index (χ1v) is 4.76. The summed E-state index contributed by atoms with van der Waals surface area (Å²) in [6.45, 7) is 0. The van der Waals surface area contributed by atoms with Crippen LogP contribution in [-0.4, -0.2) is 9.97 Å². The van der Waals surface area contributed by atoms with Crippen LogP contribution in [0.3, 0.4) is 0 Å². The smallest absolute Gasteiger partial charge is 0.275 e. The zero-order valence-electron chi connectivity index (χ0n) is 6.45. The van der Waals surface area contributed by atoms with Gasteiger partial charge in [-0.25, -0.2) is 4.98 Å². The molecule has 0 aliphatic rings. The molecule has 2 aromatic heterocycles. The van der Waals surface area contributed by atoms with Crippen molar-refractivity contribution < 1.29 is 0 Å². The first-order valence-electron chi connectivity index (χ1n) is 3.57. The molecule has 0 aliphatic heterocycles. The zero-order valence-corrected chi connectivity index (χ0v) is 8.02. The number of nitrogens with zero attached hydrogens (tertiary/aromatic N) is 1. The molecule has 0 bridgehead atoms. The lowest BCUT2D eigenvalue weighted by Gasteiger charge is -1.91. The van der Waals surface area contributed by atoms with Gasteiger partial charge in [-0.3, -0.25) is 4.79 Å². The minimum absolute atomic E-state index is 0.194. The van der Waals surface area contributed by atoms with Crippen LogP contribution in [0.2, 0.25) is 4.34 Å². The lowest BCUT2D eigenvalue weighted by molar-refractivity contribution is 1.15. The van der Waals surface area contributed by atoms with E-state index < -0.39 is 0 Å². The van der Waals surface area contributed by atoms with E-state index in [2.05, 4.69) is 9.97 Å². The molecule has 13 heavy (non-hydrogen) atoms. The minimum atomic E-state index is -0.194. The van der Waals surface area contributed by atoms with Crippen molar-refractivity contribution in [2.75, 3.05) is 0 Å². The van der Waals surface area contributed by atoms with Crippen molar-refractivity contribution in [1.29, 1.82) is 0 Å². The number of rotatable bonds is 1. The van der Waals surface area contributed by atoms with E-state index in [-0.39, 0.29) is 5.56 Å². The molecular weight excluding hydrogens is 208 g/mol. The maximum absolute atomic E-state index is 11.3. The van der Waals surface area contributed by atoms with Crippen LogP contribution in [0, 0.1) is 0 Å². The Morgan fingerprint density at radius 1 is 1.46 bits per heavy atom. The lowest BCUT2D eigenvalue weighted by Crippen LogP contribution is -2.08. The standard InChI is InChI=1S/C8H5ClN2OS/c9-6-2-1-5(13-6)7-8(12)11-4-3-10-7/h1-4H,(H,11,12). The minimum Gasteiger partial charge on any atom is -0.326 e. The first kappa shape index (κ1) is 8.47. The first-order chi connectivity index (χ1) is 6.27. The molecule has 2 aromatic rings. The second-order valence-corrected chi connectivity index (χ2v) is 4.09. The highest BCUT2D eigenvalue weighted by Gasteiger charge is 2.05. The van der Waals surface area contributed by atoms with Crippen molar-refractivity contribution in [2.24, 2.45) is 0 Å². The molecule has 2 rings (SSSR count). The number of hydrogen-bond acceptors (Lipinski definition) is 3. The van der Waals surface area contributed by atoms with Gasteiger partial charge in [-0.05, 0) is 12.1 Å². The summed E-state index contributed by atoms with van der Waals surface area (Å²) < 4.78 is 0.653. The third-order valence-corrected chi connectivity index (χ3v) is 2.75. The van der Waals surface area contributed by atoms with Crippen LogP contribution in [0.15, 0.2) is 29.3 Å². The predicted octanol–water partition coefficient (Wildman–Crippen LogP) is 2.15. The van der Waals surface area contributed by atoms with Gasteiger partial charge in [-0.1, -0.05) is 11.6 Å². The third kappa shape index (κ3) is 1.64. The van der Waals surface area contributed by atoms with Crippen molar-refractivity contribution in [3.05, 3.63) is 39.2 Å². The highest BCUT2D eigenvalue weighted by atomic mass is 35.5. The Hall–Kier alpha value is -1.13. The fraction of sp³-hybridized carbons (Fsp3) is 0. The number of H-pyrrole nitrogens is 1. The Bertz CT molecular complexity index is 477. The molecular formula is C8H5ClN2OS. The highest BCUT2D eigenvalue weighted by molar-refractivity contribution is 7.19. The Kier molecular flexibility index (Phi) is 2.16. The maximum atomic E-state index is 11.3. The van der Waals surface area contributed by atoms with Crippen molar-refractivity contribution in [2.45, 2.75) is 0 Å². The Balaban J connectivity index is 2.59. The molecule has 0 fully saturated rings. The van der Waals surface area contributed by atoms with Gasteiger partial charge in [0.2, 0.25) is 0 Å². The monoisotopic (exact) mass is 212 g/mol. The Morgan fingerprint density at radius 3 is 2.92 bits per heavy atom. The van der Waals surface area contributed by atoms with Crippen molar-refractivity contribution in [3.8, 4) is 10.6 Å². The normalized spacial score (nSPS) is 10.2. The van der Waals surface area contributed by atoms with Crippen molar-refractivity contribution in [3.63, 3.8) is 0 Å². The second-order valence-electron chi connectivity index (χ2n) is 2.37. The van der Waals surface area contributed by atoms with Gasteiger partial charge in [-0.2, -0.15) is 0 Å². The van der Waals surface area contributed by atoms with Gasteiger partial charge in [0.25, 0.3) is 5.56 Å². The molecule has 0 unspecified atom stereocenters. The summed E-state index contributed by atoms with van der Waals surface area (Å²) in [5.41, 5.74) is 0.223. The fourth-order valence-electron chi connectivity index (χ4n) is 0.969. The lowest BCUT2D eigenvalue weighted by atomic mass is 10.3. The molecule has 0 saturated carbocycles. The molecule has 2 heterocycles. The number of aromatic nitrogens is 2. The van der Waals surface area contributed by atoms with Crippen LogP contribution in [0.25, 0.3) is 10.6 Å². The summed E-state index contributed by atoms with van der Waals surface area (Å²) in [6, 6.07) is 3.53. The van der Waals surface area contributed by atoms with Gasteiger partial charge in [0.15, 0.2) is 0 Å². The molecule has 1 N–H and O–H groups in total. The summed E-state index contributed by atoms with van der Waals surface area (Å²) in [5.74, 6) is 0. The average molecular weight is 213 g/mol. The number of halogens is 1. The van der Waals surface area contributed by atoms with Crippen LogP contribution >= 0.6 is 22.9 Å². The fourth-order valence-corrected chi connectivity index (χ4v) is 2.01. The average Bonchev–Trinajstić information content (AvgIpc) is 2.53. The van der Waals surface area contributed by atoms with E-state index in [9.17, 15) is 4.79 Å². The van der Waals surface area contributed by atoms with Gasteiger partial charge < -0.3 is 4.98 Å². The predicted molar refractivity (Wildman–Crippen MR) is 53.2 cm³/mol. The molecule has 5 heteroatoms. The molecule has 0 aromatic carbocycles. The Morgan fingerprint density at radius 2 is 2.31 bits per heavy atom. The molecule has 0 radical (unpaired) electrons. The molecule has 0 spiro atoms. The van der Waals surface area contributed by atoms with E-state index in [1.54, 1.807) is 18.3 Å². The summed E-state index contributed by atoms with van der Waals surface area (Å²) in [4.78, 5) is 18.6. The van der Waals surface area contributed by atoms with Gasteiger partial charge in [0.05, 0.1) is 9.21 Å². The van der Waals surface area contributed by atoms with Crippen LogP contribution < -0.4 is 5.56 Å². The van der Waals surface area contributed by atoms with E-state index in [0.717, 1.165) is 4.88 Å². The largest absolute Gasteiger partial charge is 0.326 e. The number of thiophene rings is 1. The molecule has 66 valence electrons. The molecule has 0 aliphatic carbocycles. The van der Waals surface area contributed by atoms with Gasteiger partial charge in [-0.15, -0.1) is 11.3 Å². The van der Waals surface area contributed by atoms with E-state index in [1.807, 2.05) is 0 Å². The van der Waals surface area contributed by atoms with Crippen LogP contribution in [0.1, 0.15) is 0 Å². The SMILES string of the molecule is O=c1[nH]ccnc1-c1ccc(Cl)s1. The highest BCUT2D eigenvalue weighted by Crippen LogP contribution is 2.27. The van der Waals surface area contributed by atoms with Crippen molar-refractivity contribution in [1.82, 2.24) is 9.97 Å². The summed E-state index contributed by atoms with van der Waals surface area (Å²) >= 11 is 7.08. The van der Waals surface area contributed by atoms with E-state index in [0.29, 0.717) is 10.0 Å². The zero-order chi connectivity index (χ0) is 9.26. The summed E-state index contributed by atoms with van der Waals surface area (Å²) in [5, 5.41) is 0. The van der Waals surface area contributed by atoms with Crippen LogP contribution in [-0.2, 0) is 0 Å². The Labute approximate surface area is 83.0 Å². The number of hydrogen-bond donors (Lipinski definition) is 1. The third-order valence-electron chi connectivity index (χ3n) is 1.51. The van der Waals surface area contributed by atoms with Crippen molar-refractivity contribution >= 4 is 22.9 Å². The quantitative estimate of drug-likeness (QED) is 0.788. The van der Waals surface area contributed by atoms with Gasteiger partial charge >= 0.3 is 0 Å². The van der Waals surface area contributed by atoms with Crippen LogP contribution in [0.4, 0.5) is 0 Å². The second kappa shape index (κ2) is 3.32. The molecule has 0 atom stereocenters.